The van der Waals surface area contributed by atoms with Crippen LogP contribution in [-0.4, -0.2) is 68.3 Å². The zero-order valence-corrected chi connectivity index (χ0v) is 11.2. The monoisotopic (exact) mass is 420 g/mol. The molecule has 0 aromatic carbocycles. The molecule has 2 nitrogen and oxygen atoms in total. The molecule has 152 valence electrons. The van der Waals surface area contributed by atoms with Crippen LogP contribution in [0, 0.1) is 0 Å². The molecule has 4 bridgehead atoms. The molecule has 16 heteroatoms. The Morgan fingerprint density at radius 2 is 0.500 bits per heavy atom. The van der Waals surface area contributed by atoms with Gasteiger partial charge in [-0.15, -0.1) is 0 Å². The first-order chi connectivity index (χ1) is 11.0. The highest BCUT2D eigenvalue weighted by Gasteiger charge is 3.22. The van der Waals surface area contributed by atoms with Crippen molar-refractivity contribution in [2.75, 3.05) is 0 Å². The number of alkyl halides is 14. The van der Waals surface area contributed by atoms with Crippen molar-refractivity contribution in [2.45, 2.75) is 58.1 Å². The normalized spacial score (nSPS) is 60.9. The van der Waals surface area contributed by atoms with Crippen LogP contribution in [0.3, 0.4) is 0 Å². The van der Waals surface area contributed by atoms with Crippen LogP contribution < -0.4 is 0 Å². The summed E-state index contributed by atoms with van der Waals surface area (Å²) in [6, 6.07) is 0. The van der Waals surface area contributed by atoms with Crippen LogP contribution in [0.15, 0.2) is 0 Å². The fourth-order valence-corrected chi connectivity index (χ4v) is 3.88. The lowest BCUT2D eigenvalue weighted by atomic mass is 9.40. The number of hydrogen-bond donors (Lipinski definition) is 2. The Bertz CT molecular complexity index is 515. The Morgan fingerprint density at radius 3 is 0.769 bits per heavy atom. The van der Waals surface area contributed by atoms with Gasteiger partial charge in [0.2, 0.25) is 0 Å². The molecule has 0 aliphatic heterocycles. The maximum atomic E-state index is 14.3. The smallest absolute Gasteiger partial charge is 0.339 e. The second kappa shape index (κ2) is 3.63. The summed E-state index contributed by atoms with van der Waals surface area (Å²) in [6.07, 6.45) is 0. The molecule has 0 saturated heterocycles. The van der Waals surface area contributed by atoms with E-state index in [2.05, 4.69) is 0 Å². The van der Waals surface area contributed by atoms with Gasteiger partial charge in [-0.2, -0.15) is 35.1 Å². The van der Waals surface area contributed by atoms with Gasteiger partial charge in [-0.3, -0.25) is 0 Å². The molecule has 0 aromatic rings. The minimum Gasteiger partial charge on any atom is -0.356 e. The van der Waals surface area contributed by atoms with E-state index < -0.39 is 58.1 Å². The molecule has 4 saturated carbocycles. The summed E-state index contributed by atoms with van der Waals surface area (Å²) in [6.45, 7) is 0. The Hall–Kier alpha value is -1.06. The fourth-order valence-electron chi connectivity index (χ4n) is 3.88. The third-order valence-corrected chi connectivity index (χ3v) is 5.29. The van der Waals surface area contributed by atoms with Crippen LogP contribution in [0.1, 0.15) is 0 Å². The minimum absolute atomic E-state index is 7.29. The van der Waals surface area contributed by atoms with Crippen LogP contribution in [0.2, 0.25) is 0 Å². The van der Waals surface area contributed by atoms with Gasteiger partial charge in [0, 0.05) is 0 Å². The first-order valence-electron chi connectivity index (χ1n) is 6.09. The molecule has 4 unspecified atom stereocenters. The lowest BCUT2D eigenvalue weighted by Crippen LogP contribution is -3.10. The average Bonchev–Trinajstić information content (AvgIpc) is 2.46. The van der Waals surface area contributed by atoms with Crippen LogP contribution in [0.25, 0.3) is 0 Å². The van der Waals surface area contributed by atoms with Crippen LogP contribution in [-0.2, 0) is 0 Å². The Labute approximate surface area is 131 Å². The maximum Gasteiger partial charge on any atom is 0.339 e. The van der Waals surface area contributed by atoms with Gasteiger partial charge in [-0.25, -0.2) is 26.3 Å². The zero-order valence-electron chi connectivity index (χ0n) is 11.2. The average molecular weight is 420 g/mol. The summed E-state index contributed by atoms with van der Waals surface area (Å²) in [5.74, 6) is -45.4. The standard InChI is InChI=1S/C10H2F14O2/c11-1-5(15,16)2(12)8(21,22)3(13,6(1,17)18)10(24,26)4(14,7(1,19)20)9(2,23)25/h25-26H. The molecule has 0 heterocycles. The molecular formula is C10H2F14O2. The van der Waals surface area contributed by atoms with Gasteiger partial charge in [0.05, 0.1) is 0 Å². The van der Waals surface area contributed by atoms with Crippen molar-refractivity contribution >= 4 is 0 Å². The topological polar surface area (TPSA) is 40.5 Å². The van der Waals surface area contributed by atoms with E-state index in [0.717, 1.165) is 0 Å². The van der Waals surface area contributed by atoms with Gasteiger partial charge in [-0.1, -0.05) is 0 Å². The highest BCUT2D eigenvalue weighted by molar-refractivity contribution is 5.53. The molecular weight excluding hydrogens is 418 g/mol. The predicted molar refractivity (Wildman–Crippen MR) is 47.3 cm³/mol. The van der Waals surface area contributed by atoms with E-state index in [4.69, 9.17) is 10.2 Å². The molecule has 0 aromatic heterocycles. The van der Waals surface area contributed by atoms with Crippen molar-refractivity contribution in [2.24, 2.45) is 0 Å². The SMILES string of the molecule is OC1(F)C2(F)C(O)(F)C3(F)C(F)(F)C1(F)C(F)(F)C(F)(C2(F)F)C3(F)F. The highest BCUT2D eigenvalue weighted by Crippen LogP contribution is 2.87. The fraction of sp³-hybridized carbons (Fsp3) is 1.00. The summed E-state index contributed by atoms with van der Waals surface area (Å²) >= 11 is 0. The molecule has 0 amide bonds. The number of hydrogen-bond acceptors (Lipinski definition) is 2. The van der Waals surface area contributed by atoms with Gasteiger partial charge in [0.15, 0.2) is 0 Å². The Kier molecular flexibility index (Phi) is 2.75. The molecule has 0 spiro atoms. The third kappa shape index (κ3) is 0.966. The summed E-state index contributed by atoms with van der Waals surface area (Å²) in [5.41, 5.74) is -30.1. The lowest BCUT2D eigenvalue weighted by Gasteiger charge is -2.74. The van der Waals surface area contributed by atoms with Crippen molar-refractivity contribution in [1.82, 2.24) is 0 Å². The van der Waals surface area contributed by atoms with Crippen LogP contribution >= 0.6 is 0 Å². The number of aliphatic hydroxyl groups is 2. The third-order valence-electron chi connectivity index (χ3n) is 5.29. The van der Waals surface area contributed by atoms with E-state index in [1.807, 2.05) is 0 Å². The van der Waals surface area contributed by atoms with Gasteiger partial charge >= 0.3 is 40.7 Å². The molecule has 4 fully saturated rings. The van der Waals surface area contributed by atoms with E-state index in [0.29, 0.717) is 0 Å². The first kappa shape index (κ1) is 19.7. The second-order valence-electron chi connectivity index (χ2n) is 6.18. The molecule has 4 aliphatic rings. The molecule has 4 atom stereocenters. The molecule has 0 radical (unpaired) electrons. The van der Waals surface area contributed by atoms with Crippen molar-refractivity contribution < 1.29 is 71.7 Å². The van der Waals surface area contributed by atoms with E-state index in [9.17, 15) is 61.5 Å². The molecule has 4 rings (SSSR count). The predicted octanol–water partition coefficient (Wildman–Crippen LogP) is 2.72. The van der Waals surface area contributed by atoms with Crippen LogP contribution in [0.5, 0.6) is 0 Å². The van der Waals surface area contributed by atoms with Crippen molar-refractivity contribution in [3.8, 4) is 0 Å². The largest absolute Gasteiger partial charge is 0.356 e. The quantitative estimate of drug-likeness (QED) is 0.592. The molecule has 4 aliphatic carbocycles. The van der Waals surface area contributed by atoms with Gasteiger partial charge < -0.3 is 10.2 Å². The van der Waals surface area contributed by atoms with E-state index in [1.54, 1.807) is 0 Å². The summed E-state index contributed by atoms with van der Waals surface area (Å²) in [7, 11) is 0. The molecule has 2 N–H and O–H groups in total. The van der Waals surface area contributed by atoms with Crippen LogP contribution in [0.4, 0.5) is 61.5 Å². The first-order valence-corrected chi connectivity index (χ1v) is 6.09. The summed E-state index contributed by atoms with van der Waals surface area (Å²) < 4.78 is 195. The van der Waals surface area contributed by atoms with Gasteiger partial charge in [-0.05, 0) is 0 Å². The Morgan fingerprint density at radius 1 is 0.308 bits per heavy atom. The second-order valence-corrected chi connectivity index (χ2v) is 6.18. The zero-order chi connectivity index (χ0) is 21.0. The summed E-state index contributed by atoms with van der Waals surface area (Å²) in [4.78, 5) is 0. The van der Waals surface area contributed by atoms with Gasteiger partial charge in [0.25, 0.3) is 17.4 Å². The lowest BCUT2D eigenvalue weighted by molar-refractivity contribution is -0.622. The molecule has 26 heavy (non-hydrogen) atoms. The van der Waals surface area contributed by atoms with Crippen molar-refractivity contribution in [3.63, 3.8) is 0 Å². The van der Waals surface area contributed by atoms with E-state index in [1.165, 1.54) is 0 Å². The summed E-state index contributed by atoms with van der Waals surface area (Å²) in [5, 5.41) is 17.4. The number of rotatable bonds is 0. The number of halogens is 14. The minimum atomic E-state index is -7.73. The maximum absolute atomic E-state index is 14.3. The van der Waals surface area contributed by atoms with Crippen molar-refractivity contribution in [3.05, 3.63) is 0 Å². The van der Waals surface area contributed by atoms with E-state index >= 15 is 0 Å². The van der Waals surface area contributed by atoms with E-state index in [-0.39, 0.29) is 0 Å². The van der Waals surface area contributed by atoms with Gasteiger partial charge in [0.1, 0.15) is 0 Å². The Balaban J connectivity index is 2.71. The van der Waals surface area contributed by atoms with Crippen molar-refractivity contribution in [1.29, 1.82) is 0 Å². The highest BCUT2D eigenvalue weighted by atomic mass is 19.3.